The number of halogens is 1. The van der Waals surface area contributed by atoms with Gasteiger partial charge in [-0.25, -0.2) is 4.98 Å². The smallest absolute Gasteiger partial charge is 0.218 e. The van der Waals surface area contributed by atoms with Crippen molar-refractivity contribution in [3.8, 4) is 5.88 Å². The summed E-state index contributed by atoms with van der Waals surface area (Å²) in [7, 11) is 0. The number of ether oxygens (including phenoxy) is 1. The number of aryl methyl sites for hydroxylation is 1. The largest absolute Gasteiger partial charge is 0.478 e. The van der Waals surface area contributed by atoms with Crippen LogP contribution < -0.4 is 10.1 Å². The van der Waals surface area contributed by atoms with Crippen LogP contribution in [0.1, 0.15) is 32.5 Å². The molecule has 1 unspecified atom stereocenters. The number of anilines is 1. The van der Waals surface area contributed by atoms with Gasteiger partial charge in [0.25, 0.3) is 0 Å². The summed E-state index contributed by atoms with van der Waals surface area (Å²) in [5, 5.41) is 3.29. The highest BCUT2D eigenvalue weighted by Crippen LogP contribution is 2.14. The highest BCUT2D eigenvalue weighted by atomic mass is 35.5. The van der Waals surface area contributed by atoms with Crippen molar-refractivity contribution >= 4 is 17.4 Å². The predicted octanol–water partition coefficient (Wildman–Crippen LogP) is 3.25. The molecule has 0 aliphatic heterocycles. The van der Waals surface area contributed by atoms with Gasteiger partial charge in [0.05, 0.1) is 6.61 Å². The van der Waals surface area contributed by atoms with Gasteiger partial charge in [-0.3, -0.25) is 0 Å². The summed E-state index contributed by atoms with van der Waals surface area (Å²) in [4.78, 5) is 8.53. The van der Waals surface area contributed by atoms with E-state index in [0.717, 1.165) is 36.9 Å². The summed E-state index contributed by atoms with van der Waals surface area (Å²) in [6.07, 6.45) is 2.21. The standard InChI is InChI=1S/C13H22ClN3O/c1-4-18-13-8-12(16-11(3)17-13)15-7-5-6-10(2)9-14/h8,10H,4-7,9H2,1-3H3,(H,15,16,17). The van der Waals surface area contributed by atoms with Crippen LogP contribution in [0.3, 0.4) is 0 Å². The Kier molecular flexibility index (Phi) is 6.80. The van der Waals surface area contributed by atoms with E-state index < -0.39 is 0 Å². The van der Waals surface area contributed by atoms with Gasteiger partial charge in [-0.05, 0) is 32.6 Å². The first-order chi connectivity index (χ1) is 8.65. The maximum absolute atomic E-state index is 5.77. The minimum absolute atomic E-state index is 0.569. The molecule has 0 radical (unpaired) electrons. The molecule has 18 heavy (non-hydrogen) atoms. The molecule has 1 heterocycles. The lowest BCUT2D eigenvalue weighted by Gasteiger charge is -2.10. The molecule has 0 spiro atoms. The van der Waals surface area contributed by atoms with E-state index in [2.05, 4.69) is 22.2 Å². The molecular formula is C13H22ClN3O. The fourth-order valence-corrected chi connectivity index (χ4v) is 1.75. The highest BCUT2D eigenvalue weighted by molar-refractivity contribution is 6.18. The maximum atomic E-state index is 5.77. The SMILES string of the molecule is CCOc1cc(NCCCC(C)CCl)nc(C)n1. The Hall–Kier alpha value is -1.03. The lowest BCUT2D eigenvalue weighted by Crippen LogP contribution is -2.08. The van der Waals surface area contributed by atoms with Crippen molar-refractivity contribution in [2.24, 2.45) is 5.92 Å². The fraction of sp³-hybridized carbons (Fsp3) is 0.692. The van der Waals surface area contributed by atoms with E-state index in [9.17, 15) is 0 Å². The average Bonchev–Trinajstić information content (AvgIpc) is 2.34. The zero-order chi connectivity index (χ0) is 13.4. The van der Waals surface area contributed by atoms with Crippen LogP contribution in [-0.2, 0) is 0 Å². The first kappa shape index (κ1) is 15.0. The second-order valence-corrected chi connectivity index (χ2v) is 4.71. The van der Waals surface area contributed by atoms with Crippen molar-refractivity contribution in [2.75, 3.05) is 24.3 Å². The van der Waals surface area contributed by atoms with Crippen LogP contribution in [0.2, 0.25) is 0 Å². The van der Waals surface area contributed by atoms with E-state index in [1.165, 1.54) is 0 Å². The second kappa shape index (κ2) is 8.14. The van der Waals surface area contributed by atoms with Gasteiger partial charge in [-0.2, -0.15) is 4.98 Å². The van der Waals surface area contributed by atoms with Crippen LogP contribution in [0.15, 0.2) is 6.07 Å². The molecule has 4 nitrogen and oxygen atoms in total. The van der Waals surface area contributed by atoms with E-state index in [-0.39, 0.29) is 0 Å². The van der Waals surface area contributed by atoms with E-state index in [1.54, 1.807) is 0 Å². The van der Waals surface area contributed by atoms with Gasteiger partial charge in [0.1, 0.15) is 11.6 Å². The van der Waals surface area contributed by atoms with E-state index in [4.69, 9.17) is 16.3 Å². The molecule has 1 N–H and O–H groups in total. The minimum atomic E-state index is 0.569. The lowest BCUT2D eigenvalue weighted by molar-refractivity contribution is 0.325. The monoisotopic (exact) mass is 271 g/mol. The predicted molar refractivity (Wildman–Crippen MR) is 75.5 cm³/mol. The molecular weight excluding hydrogens is 250 g/mol. The molecule has 0 aliphatic carbocycles. The number of hydrogen-bond acceptors (Lipinski definition) is 4. The van der Waals surface area contributed by atoms with Crippen molar-refractivity contribution in [1.29, 1.82) is 0 Å². The minimum Gasteiger partial charge on any atom is -0.478 e. The van der Waals surface area contributed by atoms with Crippen molar-refractivity contribution in [2.45, 2.75) is 33.6 Å². The van der Waals surface area contributed by atoms with Crippen LogP contribution in [0, 0.1) is 12.8 Å². The molecule has 1 rings (SSSR count). The van der Waals surface area contributed by atoms with Gasteiger partial charge in [0.2, 0.25) is 5.88 Å². The number of nitrogens with zero attached hydrogens (tertiary/aromatic N) is 2. The lowest BCUT2D eigenvalue weighted by atomic mass is 10.1. The molecule has 0 saturated heterocycles. The normalized spacial score (nSPS) is 12.2. The molecule has 0 saturated carbocycles. The Morgan fingerprint density at radius 2 is 2.22 bits per heavy atom. The highest BCUT2D eigenvalue weighted by Gasteiger charge is 2.03. The van der Waals surface area contributed by atoms with Crippen molar-refractivity contribution < 1.29 is 4.74 Å². The Bertz CT molecular complexity index is 360. The van der Waals surface area contributed by atoms with E-state index in [0.29, 0.717) is 18.4 Å². The van der Waals surface area contributed by atoms with Crippen LogP contribution >= 0.6 is 11.6 Å². The second-order valence-electron chi connectivity index (χ2n) is 4.40. The zero-order valence-corrected chi connectivity index (χ0v) is 12.1. The van der Waals surface area contributed by atoms with Gasteiger partial charge in [-0.1, -0.05) is 6.92 Å². The Balaban J connectivity index is 2.41. The third kappa shape index (κ3) is 5.54. The number of alkyl halides is 1. The Labute approximate surface area is 114 Å². The molecule has 5 heteroatoms. The molecule has 0 fully saturated rings. The Morgan fingerprint density at radius 1 is 1.44 bits per heavy atom. The van der Waals surface area contributed by atoms with E-state index >= 15 is 0 Å². The summed E-state index contributed by atoms with van der Waals surface area (Å²) in [5.74, 6) is 3.46. The fourth-order valence-electron chi connectivity index (χ4n) is 1.60. The summed E-state index contributed by atoms with van der Waals surface area (Å²) in [6, 6.07) is 1.83. The number of hydrogen-bond donors (Lipinski definition) is 1. The topological polar surface area (TPSA) is 47.0 Å². The molecule has 0 aliphatic rings. The van der Waals surface area contributed by atoms with Gasteiger partial charge >= 0.3 is 0 Å². The first-order valence-corrected chi connectivity index (χ1v) is 6.97. The summed E-state index contributed by atoms with van der Waals surface area (Å²) in [5.41, 5.74) is 0. The van der Waals surface area contributed by atoms with Gasteiger partial charge in [0.15, 0.2) is 0 Å². The van der Waals surface area contributed by atoms with Gasteiger partial charge in [0, 0.05) is 18.5 Å². The molecule has 0 bridgehead atoms. The van der Waals surface area contributed by atoms with Crippen molar-refractivity contribution in [3.63, 3.8) is 0 Å². The van der Waals surface area contributed by atoms with Crippen molar-refractivity contribution in [3.05, 3.63) is 11.9 Å². The van der Waals surface area contributed by atoms with Gasteiger partial charge in [-0.15, -0.1) is 11.6 Å². The quantitative estimate of drug-likeness (QED) is 0.582. The van der Waals surface area contributed by atoms with Crippen LogP contribution in [0.5, 0.6) is 5.88 Å². The summed E-state index contributed by atoms with van der Waals surface area (Å²) >= 11 is 5.77. The molecule has 1 aromatic rings. The number of rotatable bonds is 8. The summed E-state index contributed by atoms with van der Waals surface area (Å²) in [6.45, 7) is 7.47. The van der Waals surface area contributed by atoms with Crippen LogP contribution in [0.4, 0.5) is 5.82 Å². The molecule has 102 valence electrons. The molecule has 0 amide bonds. The molecule has 1 atom stereocenters. The zero-order valence-electron chi connectivity index (χ0n) is 11.4. The third-order valence-corrected chi connectivity index (χ3v) is 3.08. The third-order valence-electron chi connectivity index (χ3n) is 2.55. The summed E-state index contributed by atoms with van der Waals surface area (Å²) < 4.78 is 5.38. The van der Waals surface area contributed by atoms with E-state index in [1.807, 2.05) is 19.9 Å². The van der Waals surface area contributed by atoms with Crippen molar-refractivity contribution in [1.82, 2.24) is 9.97 Å². The van der Waals surface area contributed by atoms with Crippen LogP contribution in [0.25, 0.3) is 0 Å². The van der Waals surface area contributed by atoms with Gasteiger partial charge < -0.3 is 10.1 Å². The Morgan fingerprint density at radius 3 is 2.89 bits per heavy atom. The molecule has 1 aromatic heterocycles. The number of nitrogens with one attached hydrogen (secondary N) is 1. The van der Waals surface area contributed by atoms with Crippen LogP contribution in [-0.4, -0.2) is 29.0 Å². The first-order valence-electron chi connectivity index (χ1n) is 6.44. The number of aromatic nitrogens is 2. The maximum Gasteiger partial charge on any atom is 0.218 e. The molecule has 0 aromatic carbocycles. The average molecular weight is 272 g/mol.